The second kappa shape index (κ2) is 7.21. The minimum Gasteiger partial charge on any atom is -0.408 e. The molecule has 28 heavy (non-hydrogen) atoms. The third-order valence-corrected chi connectivity index (χ3v) is 11.0. The molecule has 0 amide bonds. The fourth-order valence-corrected chi connectivity index (χ4v) is 4.85. The molecule has 0 unspecified atom stereocenters. The van der Waals surface area contributed by atoms with Gasteiger partial charge in [0.25, 0.3) is 0 Å². The zero-order chi connectivity index (χ0) is 21.9. The van der Waals surface area contributed by atoms with Crippen LogP contribution in [0.2, 0.25) is 18.1 Å². The van der Waals surface area contributed by atoms with Gasteiger partial charge in [-0.3, -0.25) is 4.18 Å². The van der Waals surface area contributed by atoms with E-state index < -0.39 is 54.1 Å². The van der Waals surface area contributed by atoms with E-state index in [0.29, 0.717) is 0 Å². The summed E-state index contributed by atoms with van der Waals surface area (Å²) in [6.07, 6.45) is -3.53. The maximum atomic E-state index is 13.0. The van der Waals surface area contributed by atoms with Gasteiger partial charge < -0.3 is 13.9 Å². The molecule has 0 spiro atoms. The van der Waals surface area contributed by atoms with E-state index in [9.17, 15) is 21.6 Å². The van der Waals surface area contributed by atoms with Crippen molar-refractivity contribution >= 4 is 30.0 Å². The maximum Gasteiger partial charge on any atom is 0.523 e. The number of ether oxygens (including phenoxy) is 2. The van der Waals surface area contributed by atoms with Crippen LogP contribution in [-0.2, 0) is 28.2 Å². The molecule has 1 aliphatic carbocycles. The molecule has 0 saturated carbocycles. The molecule has 0 N–H and O–H groups in total. The van der Waals surface area contributed by atoms with E-state index in [2.05, 4.69) is 4.18 Å². The predicted molar refractivity (Wildman–Crippen MR) is 99.7 cm³/mol. The Kier molecular flexibility index (Phi) is 6.20. The molecule has 0 bridgehead atoms. The lowest BCUT2D eigenvalue weighted by molar-refractivity contribution is -0.156. The second-order valence-corrected chi connectivity index (χ2v) is 15.6. The van der Waals surface area contributed by atoms with Crippen LogP contribution in [0.25, 0.3) is 0 Å². The van der Waals surface area contributed by atoms with E-state index in [1.807, 2.05) is 33.9 Å². The highest BCUT2D eigenvalue weighted by Gasteiger charge is 2.58. The van der Waals surface area contributed by atoms with Crippen LogP contribution in [0.1, 0.15) is 34.6 Å². The van der Waals surface area contributed by atoms with Crippen molar-refractivity contribution in [2.24, 2.45) is 0 Å². The summed E-state index contributed by atoms with van der Waals surface area (Å²) in [4.78, 5) is 0. The molecule has 2 rings (SSSR count). The monoisotopic (exact) mass is 466 g/mol. The first-order valence-electron chi connectivity index (χ1n) is 8.68. The third-order valence-electron chi connectivity index (χ3n) is 5.13. The molecular weight excluding hydrogens is 441 g/mol. The first kappa shape index (κ1) is 24.1. The highest BCUT2D eigenvalue weighted by atomic mass is 35.5. The van der Waals surface area contributed by atoms with Gasteiger partial charge in [-0.1, -0.05) is 32.4 Å². The van der Waals surface area contributed by atoms with Crippen LogP contribution in [0, 0.1) is 0 Å². The van der Waals surface area contributed by atoms with Crippen molar-refractivity contribution in [1.82, 2.24) is 0 Å². The number of fused-ring (bicyclic) bond motifs is 1. The van der Waals surface area contributed by atoms with E-state index in [-0.39, 0.29) is 10.1 Å². The summed E-state index contributed by atoms with van der Waals surface area (Å²) in [5.74, 6) is -1.18. The highest BCUT2D eigenvalue weighted by Crippen LogP contribution is 2.45. The van der Waals surface area contributed by atoms with E-state index in [1.54, 1.807) is 13.8 Å². The molecule has 1 heterocycles. The average Bonchev–Trinajstić information content (AvgIpc) is 2.76. The molecular formula is C16H26ClF3O6SSi. The zero-order valence-electron chi connectivity index (χ0n) is 16.8. The molecule has 164 valence electrons. The molecule has 6 nitrogen and oxygen atoms in total. The van der Waals surface area contributed by atoms with Crippen molar-refractivity contribution in [3.05, 3.63) is 11.1 Å². The lowest BCUT2D eigenvalue weighted by atomic mass is 9.96. The maximum absolute atomic E-state index is 13.0. The van der Waals surface area contributed by atoms with Gasteiger partial charge >= 0.3 is 15.6 Å². The quantitative estimate of drug-likeness (QED) is 0.350. The normalized spacial score (nSPS) is 31.5. The van der Waals surface area contributed by atoms with Gasteiger partial charge in [-0.05, 0) is 38.1 Å². The van der Waals surface area contributed by atoms with Crippen LogP contribution in [0.4, 0.5) is 13.2 Å². The number of hydrogen-bond donors (Lipinski definition) is 0. The van der Waals surface area contributed by atoms with Crippen molar-refractivity contribution in [2.45, 2.75) is 88.5 Å². The van der Waals surface area contributed by atoms with E-state index >= 15 is 0 Å². The van der Waals surface area contributed by atoms with E-state index in [1.165, 1.54) is 6.08 Å². The Morgan fingerprint density at radius 3 is 2.18 bits per heavy atom. The second-order valence-electron chi connectivity index (χ2n) is 8.88. The van der Waals surface area contributed by atoms with Crippen LogP contribution in [-0.4, -0.2) is 52.4 Å². The topological polar surface area (TPSA) is 71.1 Å². The Hall–Kier alpha value is -0.173. The number of alkyl halides is 3. The lowest BCUT2D eigenvalue weighted by Gasteiger charge is -2.43. The zero-order valence-corrected chi connectivity index (χ0v) is 19.3. The summed E-state index contributed by atoms with van der Waals surface area (Å²) in [6, 6.07) is 0. The Morgan fingerprint density at radius 1 is 1.18 bits per heavy atom. The first-order chi connectivity index (χ1) is 12.3. The van der Waals surface area contributed by atoms with Crippen molar-refractivity contribution in [3.63, 3.8) is 0 Å². The number of halogens is 4. The van der Waals surface area contributed by atoms with Crippen LogP contribution >= 0.6 is 11.6 Å². The summed E-state index contributed by atoms with van der Waals surface area (Å²) in [5, 5.41) is -0.118. The molecule has 0 aromatic rings. The Morgan fingerprint density at radius 2 is 1.71 bits per heavy atom. The first-order valence-corrected chi connectivity index (χ1v) is 13.4. The Labute approximate surface area is 169 Å². The summed E-state index contributed by atoms with van der Waals surface area (Å²) in [6.45, 7) is 12.7. The Bertz CT molecular complexity index is 744. The summed E-state index contributed by atoms with van der Waals surface area (Å²) in [5.41, 5.74) is -5.58. The number of hydrogen-bond acceptors (Lipinski definition) is 6. The van der Waals surface area contributed by atoms with Gasteiger partial charge in [0, 0.05) is 5.03 Å². The van der Waals surface area contributed by atoms with Gasteiger partial charge in [0.05, 0.1) is 6.10 Å². The minimum absolute atomic E-state index is 0.170. The summed E-state index contributed by atoms with van der Waals surface area (Å²) >= 11 is 6.27. The van der Waals surface area contributed by atoms with Gasteiger partial charge in [0.1, 0.15) is 18.3 Å². The highest BCUT2D eigenvalue weighted by molar-refractivity contribution is 7.87. The molecule has 2 aliphatic rings. The largest absolute Gasteiger partial charge is 0.523 e. The van der Waals surface area contributed by atoms with Crippen molar-refractivity contribution < 1.29 is 39.7 Å². The van der Waals surface area contributed by atoms with Crippen LogP contribution in [0.15, 0.2) is 11.1 Å². The van der Waals surface area contributed by atoms with E-state index in [4.69, 9.17) is 25.5 Å². The molecule has 0 radical (unpaired) electrons. The third kappa shape index (κ3) is 4.76. The fraction of sp³-hybridized carbons (Fsp3) is 0.875. The fourth-order valence-electron chi connectivity index (χ4n) is 2.70. The van der Waals surface area contributed by atoms with Gasteiger partial charge in [-0.25, -0.2) is 0 Å². The number of rotatable bonds is 4. The molecule has 1 fully saturated rings. The molecule has 12 heteroatoms. The van der Waals surface area contributed by atoms with Gasteiger partial charge in [-0.15, -0.1) is 0 Å². The van der Waals surface area contributed by atoms with Crippen molar-refractivity contribution in [3.8, 4) is 0 Å². The molecule has 1 saturated heterocycles. The van der Waals surface area contributed by atoms with Gasteiger partial charge in [-0.2, -0.15) is 21.6 Å². The molecule has 0 aromatic heterocycles. The summed E-state index contributed by atoms with van der Waals surface area (Å²) < 4.78 is 84.3. The standard InChI is InChI=1S/C16H26ClF3O6SSi/c1-14(2,3)28(6,7)26-10-8-9(17)11-13(24-15(4,5)23-11)12(10)25-27(21,22)16(18,19)20/h8,10-13H,1-7H3/t10-,11-,12-,13-/m1/s1. The summed E-state index contributed by atoms with van der Waals surface area (Å²) in [7, 11) is -8.41. The molecule has 0 aromatic carbocycles. The van der Waals surface area contributed by atoms with Crippen LogP contribution in [0.3, 0.4) is 0 Å². The molecule has 4 atom stereocenters. The SMILES string of the molecule is CC1(C)O[C@H]2[C@H](OS(=O)(=O)C(F)(F)F)[C@H](O[Si](C)(C)C(C)(C)C)C=C(Cl)[C@H]2O1. The van der Waals surface area contributed by atoms with Crippen LogP contribution < -0.4 is 0 Å². The van der Waals surface area contributed by atoms with Gasteiger partial charge in [0.15, 0.2) is 14.1 Å². The minimum atomic E-state index is -5.89. The predicted octanol–water partition coefficient (Wildman–Crippen LogP) is 4.27. The van der Waals surface area contributed by atoms with Crippen molar-refractivity contribution in [2.75, 3.05) is 0 Å². The van der Waals surface area contributed by atoms with Crippen LogP contribution in [0.5, 0.6) is 0 Å². The van der Waals surface area contributed by atoms with E-state index in [0.717, 1.165) is 0 Å². The Balaban J connectivity index is 2.47. The smallest absolute Gasteiger partial charge is 0.408 e. The lowest BCUT2D eigenvalue weighted by Crippen LogP contribution is -2.55. The van der Waals surface area contributed by atoms with Gasteiger partial charge in [0.2, 0.25) is 0 Å². The molecule has 1 aliphatic heterocycles. The van der Waals surface area contributed by atoms with Crippen molar-refractivity contribution in [1.29, 1.82) is 0 Å². The average molecular weight is 467 g/mol.